The molecule has 0 saturated carbocycles. The van der Waals surface area contributed by atoms with Gasteiger partial charge in [-0.1, -0.05) is 5.92 Å². The first-order chi connectivity index (χ1) is 16.1. The highest BCUT2D eigenvalue weighted by molar-refractivity contribution is 5.82. The van der Waals surface area contributed by atoms with Crippen molar-refractivity contribution in [3.8, 4) is 11.8 Å². The highest BCUT2D eigenvalue weighted by Gasteiger charge is 2.35. The monoisotopic (exact) mass is 467 g/mol. The summed E-state index contributed by atoms with van der Waals surface area (Å²) in [5.74, 6) is 4.47. The number of amides is 1. The molecule has 7 nitrogen and oxygen atoms in total. The van der Waals surface area contributed by atoms with Crippen LogP contribution in [0.5, 0.6) is 0 Å². The lowest BCUT2D eigenvalue weighted by Crippen LogP contribution is -2.41. The van der Waals surface area contributed by atoms with Crippen molar-refractivity contribution in [2.45, 2.75) is 51.7 Å². The highest BCUT2D eigenvalue weighted by Crippen LogP contribution is 2.33. The summed E-state index contributed by atoms with van der Waals surface area (Å²) >= 11 is 0. The summed E-state index contributed by atoms with van der Waals surface area (Å²) in [6.45, 7) is 6.24. The number of piperidine rings is 1. The van der Waals surface area contributed by atoms with Crippen molar-refractivity contribution in [3.05, 3.63) is 52.9 Å². The molecule has 2 aromatic rings. The van der Waals surface area contributed by atoms with Crippen LogP contribution in [0.3, 0.4) is 0 Å². The Labute approximate surface area is 197 Å². The third kappa shape index (κ3) is 5.39. The van der Waals surface area contributed by atoms with E-state index in [1.807, 2.05) is 11.8 Å². The van der Waals surface area contributed by atoms with Crippen LogP contribution in [-0.2, 0) is 4.79 Å². The number of benzene rings is 1. The third-order valence-electron chi connectivity index (χ3n) is 5.90. The largest absolute Gasteiger partial charge is 0.378 e. The summed E-state index contributed by atoms with van der Waals surface area (Å²) < 4.78 is 27.4. The molecule has 34 heavy (non-hydrogen) atoms. The van der Waals surface area contributed by atoms with Crippen LogP contribution >= 0.6 is 0 Å². The maximum Gasteiger partial charge on any atom is 0.246 e. The summed E-state index contributed by atoms with van der Waals surface area (Å²) in [4.78, 5) is 24.2. The number of hydrazone groups is 1. The van der Waals surface area contributed by atoms with Gasteiger partial charge in [0.1, 0.15) is 22.9 Å². The maximum atomic E-state index is 13.7. The van der Waals surface area contributed by atoms with Gasteiger partial charge < -0.3 is 10.0 Å². The van der Waals surface area contributed by atoms with E-state index in [4.69, 9.17) is 0 Å². The normalized spacial score (nSPS) is 18.7. The fourth-order valence-electron chi connectivity index (χ4n) is 4.11. The van der Waals surface area contributed by atoms with Crippen molar-refractivity contribution in [2.24, 2.45) is 11.0 Å². The van der Waals surface area contributed by atoms with Gasteiger partial charge in [-0.25, -0.2) is 23.8 Å². The fourth-order valence-corrected chi connectivity index (χ4v) is 4.11. The van der Waals surface area contributed by atoms with Gasteiger partial charge in [-0.05, 0) is 57.2 Å². The summed E-state index contributed by atoms with van der Waals surface area (Å²) in [7, 11) is 0. The molecule has 1 aromatic carbocycles. The van der Waals surface area contributed by atoms with E-state index in [2.05, 4.69) is 26.9 Å². The Bertz CT molecular complexity index is 1150. The van der Waals surface area contributed by atoms with E-state index >= 15 is 0 Å². The van der Waals surface area contributed by atoms with E-state index in [-0.39, 0.29) is 11.8 Å². The number of nitrogens with zero attached hydrogens (tertiary/aromatic N) is 5. The summed E-state index contributed by atoms with van der Waals surface area (Å²) in [5, 5.41) is 15.4. The molecule has 3 heterocycles. The number of aromatic nitrogens is 2. The number of anilines is 1. The Hall–Kier alpha value is -3.38. The number of halogens is 2. The van der Waals surface area contributed by atoms with E-state index in [1.165, 1.54) is 17.1 Å². The number of rotatable bonds is 3. The number of carbonyl (C=O) groups is 1. The van der Waals surface area contributed by atoms with Gasteiger partial charge in [0, 0.05) is 49.5 Å². The first kappa shape index (κ1) is 23.8. The Morgan fingerprint density at radius 2 is 1.85 bits per heavy atom. The molecule has 1 amide bonds. The molecule has 1 saturated heterocycles. The Morgan fingerprint density at radius 3 is 2.50 bits per heavy atom. The summed E-state index contributed by atoms with van der Waals surface area (Å²) in [6.07, 6.45) is 4.89. The second-order valence-electron chi connectivity index (χ2n) is 9.21. The first-order valence-electron chi connectivity index (χ1n) is 11.3. The van der Waals surface area contributed by atoms with Gasteiger partial charge in [0.25, 0.3) is 0 Å². The number of carbonyl (C=O) groups excluding carboxylic acids is 1. The van der Waals surface area contributed by atoms with E-state index in [9.17, 15) is 18.7 Å². The molecule has 1 aromatic heterocycles. The Morgan fingerprint density at radius 1 is 1.18 bits per heavy atom. The predicted octanol–water partition coefficient (Wildman–Crippen LogP) is 3.36. The van der Waals surface area contributed by atoms with Crippen molar-refractivity contribution in [1.82, 2.24) is 15.0 Å². The van der Waals surface area contributed by atoms with Gasteiger partial charge in [0.05, 0.1) is 6.04 Å². The van der Waals surface area contributed by atoms with Gasteiger partial charge in [0.15, 0.2) is 0 Å². The molecule has 2 aliphatic heterocycles. The van der Waals surface area contributed by atoms with Crippen LogP contribution < -0.4 is 4.90 Å². The van der Waals surface area contributed by atoms with E-state index in [0.717, 1.165) is 11.6 Å². The first-order valence-corrected chi connectivity index (χ1v) is 11.3. The maximum absolute atomic E-state index is 13.7. The molecule has 1 unspecified atom stereocenters. The zero-order valence-electron chi connectivity index (χ0n) is 19.4. The molecule has 9 heteroatoms. The second-order valence-corrected chi connectivity index (χ2v) is 9.21. The Kier molecular flexibility index (Phi) is 6.62. The lowest BCUT2D eigenvalue weighted by atomic mass is 9.94. The summed E-state index contributed by atoms with van der Waals surface area (Å²) in [6, 6.07) is 2.81. The molecule has 178 valence electrons. The van der Waals surface area contributed by atoms with Crippen molar-refractivity contribution in [2.75, 3.05) is 18.0 Å². The van der Waals surface area contributed by atoms with Crippen LogP contribution in [0.25, 0.3) is 0 Å². The zero-order valence-corrected chi connectivity index (χ0v) is 19.4. The average molecular weight is 468 g/mol. The molecule has 1 fully saturated rings. The average Bonchev–Trinajstić information content (AvgIpc) is 3.27. The van der Waals surface area contributed by atoms with Crippen LogP contribution in [0.4, 0.5) is 14.7 Å². The number of aryl methyl sites for hydroxylation is 1. The molecule has 4 rings (SSSR count). The Balaban J connectivity index is 1.43. The van der Waals surface area contributed by atoms with Crippen LogP contribution in [0.1, 0.15) is 56.0 Å². The molecular weight excluding hydrogens is 440 g/mol. The van der Waals surface area contributed by atoms with Gasteiger partial charge >= 0.3 is 0 Å². The highest BCUT2D eigenvalue weighted by atomic mass is 19.1. The van der Waals surface area contributed by atoms with E-state index in [1.54, 1.807) is 26.3 Å². The molecule has 1 atom stereocenters. The zero-order chi connectivity index (χ0) is 24.5. The lowest BCUT2D eigenvalue weighted by molar-refractivity contribution is -0.138. The lowest BCUT2D eigenvalue weighted by Gasteiger charge is -2.33. The molecule has 0 radical (unpaired) electrons. The van der Waals surface area contributed by atoms with E-state index < -0.39 is 23.3 Å². The van der Waals surface area contributed by atoms with Gasteiger partial charge in [0.2, 0.25) is 11.9 Å². The van der Waals surface area contributed by atoms with Crippen LogP contribution in [0.2, 0.25) is 0 Å². The quantitative estimate of drug-likeness (QED) is 0.700. The predicted molar refractivity (Wildman–Crippen MR) is 124 cm³/mol. The van der Waals surface area contributed by atoms with E-state index in [0.29, 0.717) is 49.6 Å². The minimum atomic E-state index is -1.12. The minimum absolute atomic E-state index is 0.148. The fraction of sp³-hybridized carbons (Fsp3) is 0.440. The van der Waals surface area contributed by atoms with Gasteiger partial charge in [-0.15, -0.1) is 0 Å². The van der Waals surface area contributed by atoms with Crippen molar-refractivity contribution in [1.29, 1.82) is 0 Å². The second kappa shape index (κ2) is 9.47. The smallest absolute Gasteiger partial charge is 0.246 e. The minimum Gasteiger partial charge on any atom is -0.378 e. The molecular formula is C25H27F2N5O2. The molecule has 0 aliphatic carbocycles. The van der Waals surface area contributed by atoms with Gasteiger partial charge in [-0.3, -0.25) is 4.79 Å². The van der Waals surface area contributed by atoms with Gasteiger partial charge in [-0.2, -0.15) is 5.10 Å². The number of hydrogen-bond donors (Lipinski definition) is 1. The molecule has 1 N–H and O–H groups in total. The SMILES string of the molecule is Cc1cnc(N2CCC(C(=O)N3N=CCC3c3cc(F)cc(F)c3)CC2)nc1C#CC(C)(C)O. The molecule has 0 spiro atoms. The van der Waals surface area contributed by atoms with Crippen molar-refractivity contribution < 1.29 is 18.7 Å². The number of aliphatic hydroxyl groups is 1. The van der Waals surface area contributed by atoms with Crippen LogP contribution in [-0.4, -0.2) is 50.9 Å². The number of hydrogen-bond acceptors (Lipinski definition) is 6. The topological polar surface area (TPSA) is 81.9 Å². The van der Waals surface area contributed by atoms with Crippen molar-refractivity contribution in [3.63, 3.8) is 0 Å². The molecule has 0 bridgehead atoms. The standard InChI is InChI=1S/C25H27F2N5O2/c1-16-15-28-24(30-21(16)4-8-25(2,3)34)31-10-6-17(7-11-31)23(33)32-22(5-9-29-32)18-12-19(26)14-20(27)13-18/h9,12-15,17,22,34H,5-7,10-11H2,1-3H3. The van der Waals surface area contributed by atoms with Crippen LogP contribution in [0, 0.1) is 36.3 Å². The van der Waals surface area contributed by atoms with Crippen LogP contribution in [0.15, 0.2) is 29.5 Å². The van der Waals surface area contributed by atoms with Crippen molar-refractivity contribution >= 4 is 18.1 Å². The summed E-state index contributed by atoms with van der Waals surface area (Å²) in [5.41, 5.74) is 0.649. The third-order valence-corrected chi connectivity index (χ3v) is 5.90. The molecule has 2 aliphatic rings.